The number of para-hydroxylation sites is 3. The number of rotatable bonds is 0. The van der Waals surface area contributed by atoms with Crippen LogP contribution in [0, 0.1) is 0 Å². The number of hydrogen-bond donors (Lipinski definition) is 0. The van der Waals surface area contributed by atoms with E-state index in [4.69, 9.17) is 19.9 Å². The predicted molar refractivity (Wildman–Crippen MR) is 165 cm³/mol. The summed E-state index contributed by atoms with van der Waals surface area (Å²) in [6, 6.07) is 23.8. The Balaban J connectivity index is 1.38. The van der Waals surface area contributed by atoms with Gasteiger partial charge >= 0.3 is 0 Å². The van der Waals surface area contributed by atoms with Gasteiger partial charge in [-0.1, -0.05) is 54.6 Å². The van der Waals surface area contributed by atoms with Crippen molar-refractivity contribution >= 4 is 17.1 Å². The highest BCUT2D eigenvalue weighted by molar-refractivity contribution is 6.00. The Morgan fingerprint density at radius 2 is 0.756 bits per heavy atom. The third-order valence-corrected chi connectivity index (χ3v) is 10.0. The highest BCUT2D eigenvalue weighted by atomic mass is 15.2. The van der Waals surface area contributed by atoms with Gasteiger partial charge in [-0.05, 0) is 34.4 Å². The Morgan fingerprint density at radius 1 is 0.400 bits per heavy atom. The maximum absolute atomic E-state index is 5.01. The molecule has 0 fully saturated rings. The minimum absolute atomic E-state index is 0.802. The van der Waals surface area contributed by atoms with Crippen molar-refractivity contribution in [2.24, 2.45) is 0 Å². The van der Waals surface area contributed by atoms with Crippen LogP contribution in [0.4, 0.5) is 17.1 Å². The summed E-state index contributed by atoms with van der Waals surface area (Å²) in [5, 5.41) is 0. The van der Waals surface area contributed by atoms with Crippen molar-refractivity contribution < 1.29 is 0 Å². The van der Waals surface area contributed by atoms with Crippen LogP contribution in [-0.4, -0.2) is 39.9 Å². The Hall–Kier alpha value is -6.22. The molecule has 0 amide bonds. The minimum Gasteiger partial charge on any atom is -0.309 e. The summed E-state index contributed by atoms with van der Waals surface area (Å²) in [5.74, 6) is 0. The van der Waals surface area contributed by atoms with Crippen molar-refractivity contribution in [3.05, 3.63) is 162 Å². The summed E-state index contributed by atoms with van der Waals surface area (Å²) in [7, 11) is 0. The Kier molecular flexibility index (Phi) is 4.05. The first-order chi connectivity index (χ1) is 22.4. The molecule has 0 radical (unpaired) electrons. The topological polar surface area (TPSA) is 106 Å². The third-order valence-electron chi connectivity index (χ3n) is 10.0. The Labute approximate surface area is 256 Å². The molecule has 0 N–H and O–H groups in total. The van der Waals surface area contributed by atoms with Crippen LogP contribution in [0.3, 0.4) is 0 Å². The lowest BCUT2D eigenvalue weighted by atomic mass is 9.61. The molecule has 4 aromatic heterocycles. The monoisotopic (exact) mass is 577 g/mol. The lowest BCUT2D eigenvalue weighted by molar-refractivity contribution is 0.660. The van der Waals surface area contributed by atoms with Crippen LogP contribution >= 0.6 is 0 Å². The van der Waals surface area contributed by atoms with Crippen LogP contribution in [0.2, 0.25) is 0 Å². The third kappa shape index (κ3) is 2.41. The van der Waals surface area contributed by atoms with Gasteiger partial charge in [0, 0.05) is 47.0 Å². The van der Waals surface area contributed by atoms with E-state index in [1.165, 1.54) is 0 Å². The first-order valence-corrected chi connectivity index (χ1v) is 14.7. The molecule has 0 bridgehead atoms. The fourth-order valence-corrected chi connectivity index (χ4v) is 8.57. The SMILES string of the molecule is c1ccc2c(c1)N1c3ccccc3C3(c4cccc(c41)C21c2ncncc2-c2cncnc21)c1ncncc1-c1cncnc13. The minimum atomic E-state index is -0.802. The molecule has 7 aromatic rings. The van der Waals surface area contributed by atoms with Gasteiger partial charge in [0.1, 0.15) is 36.1 Å². The summed E-state index contributed by atoms with van der Waals surface area (Å²) in [5.41, 5.74) is 13.4. The second-order valence-electron chi connectivity index (χ2n) is 11.7. The summed E-state index contributed by atoms with van der Waals surface area (Å²) < 4.78 is 0. The number of aromatic nitrogens is 8. The highest BCUT2D eigenvalue weighted by Crippen LogP contribution is 2.68. The summed E-state index contributed by atoms with van der Waals surface area (Å²) in [6.45, 7) is 0. The van der Waals surface area contributed by atoms with Crippen LogP contribution in [0.15, 0.2) is 117 Å². The molecule has 2 aliphatic carbocycles. The van der Waals surface area contributed by atoms with Gasteiger partial charge in [-0.15, -0.1) is 0 Å². The van der Waals surface area contributed by atoms with Crippen LogP contribution in [0.5, 0.6) is 0 Å². The molecule has 45 heavy (non-hydrogen) atoms. The van der Waals surface area contributed by atoms with Crippen LogP contribution in [-0.2, 0) is 10.8 Å². The van der Waals surface area contributed by atoms with Crippen molar-refractivity contribution in [1.29, 1.82) is 0 Å². The number of hydrogen-bond acceptors (Lipinski definition) is 9. The molecule has 6 heterocycles. The zero-order chi connectivity index (χ0) is 29.3. The molecule has 0 atom stereocenters. The standard InChI is InChI=1S/C36H19N9/c1-3-10-28-24(6-1)35(31-20(12-37-16-41-31)21-13-38-17-42-32(21)35)26-8-5-9-27-30(26)45(28)29-11-4-2-7-25(29)36(27)33-22(14-39-18-43-33)23-15-40-19-44-34(23)36/h1-19H. The highest BCUT2D eigenvalue weighted by Gasteiger charge is 2.60. The van der Waals surface area contributed by atoms with E-state index < -0.39 is 10.8 Å². The molecule has 3 aromatic carbocycles. The second kappa shape index (κ2) is 7.83. The number of fused-ring (bicyclic) bond motifs is 18. The molecule has 0 saturated heterocycles. The average Bonchev–Trinajstić information content (AvgIpc) is 3.57. The molecule has 208 valence electrons. The zero-order valence-electron chi connectivity index (χ0n) is 23.5. The lowest BCUT2D eigenvalue weighted by Crippen LogP contribution is -2.43. The van der Waals surface area contributed by atoms with Crippen LogP contribution in [0.25, 0.3) is 22.3 Å². The zero-order valence-corrected chi connectivity index (χ0v) is 23.5. The van der Waals surface area contributed by atoms with Crippen molar-refractivity contribution in [2.75, 3.05) is 4.90 Å². The first-order valence-electron chi connectivity index (χ1n) is 14.7. The van der Waals surface area contributed by atoms with E-state index in [2.05, 4.69) is 91.6 Å². The smallest absolute Gasteiger partial charge is 0.115 e. The fraction of sp³-hybridized carbons (Fsp3) is 0.0556. The van der Waals surface area contributed by atoms with E-state index in [0.717, 1.165) is 84.3 Å². The van der Waals surface area contributed by atoms with E-state index in [9.17, 15) is 0 Å². The maximum Gasteiger partial charge on any atom is 0.115 e. The molecule has 9 nitrogen and oxygen atoms in total. The van der Waals surface area contributed by atoms with Gasteiger partial charge in [0.2, 0.25) is 0 Å². The van der Waals surface area contributed by atoms with Gasteiger partial charge in [0.25, 0.3) is 0 Å². The summed E-state index contributed by atoms with van der Waals surface area (Å²) >= 11 is 0. The van der Waals surface area contributed by atoms with E-state index in [-0.39, 0.29) is 0 Å². The molecule has 4 aliphatic rings. The number of anilines is 3. The van der Waals surface area contributed by atoms with E-state index >= 15 is 0 Å². The average molecular weight is 578 g/mol. The van der Waals surface area contributed by atoms with Gasteiger partial charge in [-0.3, -0.25) is 0 Å². The molecule has 11 rings (SSSR count). The Morgan fingerprint density at radius 3 is 1.16 bits per heavy atom. The molecular weight excluding hydrogens is 558 g/mol. The molecule has 0 saturated carbocycles. The second-order valence-corrected chi connectivity index (χ2v) is 11.7. The molecular formula is C36H19N9. The molecule has 2 spiro atoms. The van der Waals surface area contributed by atoms with Crippen molar-refractivity contribution in [3.63, 3.8) is 0 Å². The lowest BCUT2D eigenvalue weighted by Gasteiger charge is -2.50. The van der Waals surface area contributed by atoms with Gasteiger partial charge in [0.15, 0.2) is 0 Å². The van der Waals surface area contributed by atoms with Gasteiger partial charge in [-0.25, -0.2) is 39.9 Å². The van der Waals surface area contributed by atoms with Crippen molar-refractivity contribution in [1.82, 2.24) is 39.9 Å². The van der Waals surface area contributed by atoms with E-state index in [1.807, 2.05) is 24.8 Å². The quantitative estimate of drug-likeness (QED) is 0.225. The summed E-state index contributed by atoms with van der Waals surface area (Å²) in [6.07, 6.45) is 14.1. The first kappa shape index (κ1) is 23.3. The van der Waals surface area contributed by atoms with Crippen molar-refractivity contribution in [3.8, 4) is 22.3 Å². The molecule has 2 aliphatic heterocycles. The van der Waals surface area contributed by atoms with Gasteiger partial charge in [0.05, 0.1) is 39.8 Å². The predicted octanol–water partition coefficient (Wildman–Crippen LogP) is 5.67. The normalized spacial score (nSPS) is 15.9. The molecule has 0 unspecified atom stereocenters. The molecule has 9 heteroatoms. The Bertz CT molecular complexity index is 2180. The van der Waals surface area contributed by atoms with Gasteiger partial charge < -0.3 is 4.90 Å². The van der Waals surface area contributed by atoms with Gasteiger partial charge in [-0.2, -0.15) is 0 Å². The fourth-order valence-electron chi connectivity index (χ4n) is 8.57. The van der Waals surface area contributed by atoms with E-state index in [1.54, 1.807) is 25.3 Å². The van der Waals surface area contributed by atoms with Crippen LogP contribution < -0.4 is 4.90 Å². The summed E-state index contributed by atoms with van der Waals surface area (Å²) in [4.78, 5) is 40.2. The maximum atomic E-state index is 5.01. The number of nitrogens with zero attached hydrogens (tertiary/aromatic N) is 9. The van der Waals surface area contributed by atoms with Crippen molar-refractivity contribution in [2.45, 2.75) is 10.8 Å². The van der Waals surface area contributed by atoms with Crippen LogP contribution in [0.1, 0.15) is 45.0 Å². The van der Waals surface area contributed by atoms with E-state index in [0.29, 0.717) is 0 Å². The number of benzene rings is 3. The largest absolute Gasteiger partial charge is 0.309 e.